The summed E-state index contributed by atoms with van der Waals surface area (Å²) >= 11 is 0. The van der Waals surface area contributed by atoms with Crippen LogP contribution < -0.4 is 10.6 Å². The van der Waals surface area contributed by atoms with E-state index in [1.54, 1.807) is 0 Å². The molecule has 0 saturated carbocycles. The molecule has 2 aromatic carbocycles. The van der Waals surface area contributed by atoms with Gasteiger partial charge in [0.2, 0.25) is 0 Å². The first-order chi connectivity index (χ1) is 10.6. The number of aryl methyl sites for hydroxylation is 2. The number of amides is 2. The molecule has 0 saturated heterocycles. The molecule has 1 aliphatic rings. The Morgan fingerprint density at radius 2 is 1.91 bits per heavy atom. The van der Waals surface area contributed by atoms with E-state index in [2.05, 4.69) is 10.6 Å². The van der Waals surface area contributed by atoms with Crippen LogP contribution in [0.4, 0.5) is 10.5 Å². The van der Waals surface area contributed by atoms with Crippen molar-refractivity contribution in [3.05, 3.63) is 65.2 Å². The molecule has 0 aliphatic heterocycles. The number of urea groups is 1. The van der Waals surface area contributed by atoms with Crippen molar-refractivity contribution in [3.8, 4) is 0 Å². The van der Waals surface area contributed by atoms with E-state index in [4.69, 9.17) is 0 Å². The first kappa shape index (κ1) is 14.6. The summed E-state index contributed by atoms with van der Waals surface area (Å²) in [4.78, 5) is 12.0. The van der Waals surface area contributed by atoms with Gasteiger partial charge in [0.1, 0.15) is 5.60 Å². The van der Waals surface area contributed by atoms with E-state index in [1.807, 2.05) is 55.5 Å². The maximum Gasteiger partial charge on any atom is 0.319 e. The lowest BCUT2D eigenvalue weighted by molar-refractivity contribution is 0.0417. The summed E-state index contributed by atoms with van der Waals surface area (Å²) in [6.07, 6.45) is 1.48. The van der Waals surface area contributed by atoms with Gasteiger partial charge in [0.25, 0.3) is 0 Å². The summed E-state index contributed by atoms with van der Waals surface area (Å²) in [5.41, 5.74) is 2.99. The number of anilines is 1. The molecular formula is C18H20N2O2. The summed E-state index contributed by atoms with van der Waals surface area (Å²) in [6.45, 7) is 2.21. The number of fused-ring (bicyclic) bond motifs is 1. The van der Waals surface area contributed by atoms with Crippen LogP contribution in [0.2, 0.25) is 0 Å². The van der Waals surface area contributed by atoms with Gasteiger partial charge in [0.05, 0.1) is 6.54 Å². The quantitative estimate of drug-likeness (QED) is 0.815. The van der Waals surface area contributed by atoms with Crippen molar-refractivity contribution in [1.82, 2.24) is 5.32 Å². The predicted octanol–water partition coefficient (Wildman–Crippen LogP) is 2.95. The van der Waals surface area contributed by atoms with Crippen LogP contribution in [-0.2, 0) is 12.0 Å². The van der Waals surface area contributed by atoms with Crippen molar-refractivity contribution in [2.75, 3.05) is 11.9 Å². The van der Waals surface area contributed by atoms with E-state index < -0.39 is 5.60 Å². The number of carbonyl (C=O) groups excluding carboxylic acids is 1. The average Bonchev–Trinajstić information content (AvgIpc) is 2.86. The second kappa shape index (κ2) is 5.81. The minimum atomic E-state index is -0.971. The van der Waals surface area contributed by atoms with E-state index in [-0.39, 0.29) is 12.6 Å². The highest BCUT2D eigenvalue weighted by atomic mass is 16.3. The zero-order valence-corrected chi connectivity index (χ0v) is 12.6. The van der Waals surface area contributed by atoms with Crippen molar-refractivity contribution in [2.24, 2.45) is 0 Å². The Morgan fingerprint density at radius 3 is 2.68 bits per heavy atom. The fraction of sp³-hybridized carbons (Fsp3) is 0.278. The Hall–Kier alpha value is -2.33. The number of aliphatic hydroxyl groups is 1. The number of hydrogen-bond acceptors (Lipinski definition) is 2. The SMILES string of the molecule is Cc1ccc(NC(=O)NCC2(O)CCc3ccccc32)cc1. The first-order valence-corrected chi connectivity index (χ1v) is 7.49. The second-order valence-corrected chi connectivity index (χ2v) is 5.86. The van der Waals surface area contributed by atoms with Gasteiger partial charge in [-0.05, 0) is 43.0 Å². The van der Waals surface area contributed by atoms with Gasteiger partial charge >= 0.3 is 6.03 Å². The Bertz CT molecular complexity index is 682. The lowest BCUT2D eigenvalue weighted by Crippen LogP contribution is -2.41. The van der Waals surface area contributed by atoms with Gasteiger partial charge in [-0.25, -0.2) is 4.79 Å². The number of hydrogen-bond donors (Lipinski definition) is 3. The molecule has 22 heavy (non-hydrogen) atoms. The lowest BCUT2D eigenvalue weighted by Gasteiger charge is -2.24. The molecule has 0 spiro atoms. The van der Waals surface area contributed by atoms with Crippen LogP contribution in [0.15, 0.2) is 48.5 Å². The fourth-order valence-corrected chi connectivity index (χ4v) is 2.89. The molecule has 0 radical (unpaired) electrons. The smallest absolute Gasteiger partial charge is 0.319 e. The Labute approximate surface area is 130 Å². The number of carbonyl (C=O) groups is 1. The molecule has 0 bridgehead atoms. The average molecular weight is 296 g/mol. The van der Waals surface area contributed by atoms with Crippen molar-refractivity contribution in [3.63, 3.8) is 0 Å². The van der Waals surface area contributed by atoms with Gasteiger partial charge in [-0.2, -0.15) is 0 Å². The first-order valence-electron chi connectivity index (χ1n) is 7.49. The van der Waals surface area contributed by atoms with Crippen LogP contribution >= 0.6 is 0 Å². The minimum Gasteiger partial charge on any atom is -0.383 e. The minimum absolute atomic E-state index is 0.210. The molecule has 0 fully saturated rings. The maximum atomic E-state index is 12.0. The van der Waals surface area contributed by atoms with Crippen LogP contribution in [0, 0.1) is 6.92 Å². The van der Waals surface area contributed by atoms with Crippen LogP contribution in [0.5, 0.6) is 0 Å². The number of rotatable bonds is 3. The third-order valence-corrected chi connectivity index (χ3v) is 4.18. The second-order valence-electron chi connectivity index (χ2n) is 5.86. The standard InChI is InChI=1S/C18H20N2O2/c1-13-6-8-15(9-7-13)20-17(21)19-12-18(22)11-10-14-4-2-3-5-16(14)18/h2-9,22H,10-12H2,1H3,(H2,19,20,21). The van der Waals surface area contributed by atoms with E-state index in [0.717, 1.165) is 28.8 Å². The molecule has 1 aliphatic carbocycles. The highest BCUT2D eigenvalue weighted by Crippen LogP contribution is 2.36. The van der Waals surface area contributed by atoms with E-state index in [1.165, 1.54) is 0 Å². The molecular weight excluding hydrogens is 276 g/mol. The van der Waals surface area contributed by atoms with Crippen molar-refractivity contribution in [1.29, 1.82) is 0 Å². The summed E-state index contributed by atoms with van der Waals surface area (Å²) in [5, 5.41) is 16.3. The van der Waals surface area contributed by atoms with E-state index in [9.17, 15) is 9.90 Å². The highest BCUT2D eigenvalue weighted by molar-refractivity contribution is 5.89. The summed E-state index contributed by atoms with van der Waals surface area (Å²) in [6, 6.07) is 15.1. The summed E-state index contributed by atoms with van der Waals surface area (Å²) in [7, 11) is 0. The Morgan fingerprint density at radius 1 is 1.18 bits per heavy atom. The topological polar surface area (TPSA) is 61.4 Å². The summed E-state index contributed by atoms with van der Waals surface area (Å²) < 4.78 is 0. The molecule has 114 valence electrons. The third-order valence-electron chi connectivity index (χ3n) is 4.18. The van der Waals surface area contributed by atoms with E-state index >= 15 is 0 Å². The fourth-order valence-electron chi connectivity index (χ4n) is 2.89. The van der Waals surface area contributed by atoms with Crippen LogP contribution in [-0.4, -0.2) is 17.7 Å². The van der Waals surface area contributed by atoms with Gasteiger partial charge < -0.3 is 15.7 Å². The zero-order chi connectivity index (χ0) is 15.6. The van der Waals surface area contributed by atoms with E-state index in [0.29, 0.717) is 6.42 Å². The molecule has 3 N–H and O–H groups in total. The Kier molecular flexibility index (Phi) is 3.86. The van der Waals surface area contributed by atoms with Crippen LogP contribution in [0.3, 0.4) is 0 Å². The van der Waals surface area contributed by atoms with Crippen LogP contribution in [0.25, 0.3) is 0 Å². The maximum absolute atomic E-state index is 12.0. The predicted molar refractivity (Wildman–Crippen MR) is 86.9 cm³/mol. The van der Waals surface area contributed by atoms with Crippen molar-refractivity contribution in [2.45, 2.75) is 25.4 Å². The molecule has 4 nitrogen and oxygen atoms in total. The molecule has 0 heterocycles. The Balaban J connectivity index is 1.61. The zero-order valence-electron chi connectivity index (χ0n) is 12.6. The van der Waals surface area contributed by atoms with Gasteiger partial charge in [0, 0.05) is 5.69 Å². The van der Waals surface area contributed by atoms with Crippen LogP contribution in [0.1, 0.15) is 23.1 Å². The monoisotopic (exact) mass is 296 g/mol. The number of benzene rings is 2. The van der Waals surface area contributed by atoms with Gasteiger partial charge in [0.15, 0.2) is 0 Å². The third kappa shape index (κ3) is 2.97. The van der Waals surface area contributed by atoms with Crippen molar-refractivity contribution >= 4 is 11.7 Å². The van der Waals surface area contributed by atoms with Gasteiger partial charge in [-0.3, -0.25) is 0 Å². The normalized spacial score (nSPS) is 19.5. The molecule has 3 rings (SSSR count). The lowest BCUT2D eigenvalue weighted by atomic mass is 9.96. The molecule has 2 amide bonds. The van der Waals surface area contributed by atoms with Crippen molar-refractivity contribution < 1.29 is 9.90 Å². The van der Waals surface area contributed by atoms with Gasteiger partial charge in [-0.1, -0.05) is 42.0 Å². The molecule has 2 aromatic rings. The molecule has 0 aromatic heterocycles. The summed E-state index contributed by atoms with van der Waals surface area (Å²) in [5.74, 6) is 0. The highest BCUT2D eigenvalue weighted by Gasteiger charge is 2.36. The number of nitrogens with one attached hydrogen (secondary N) is 2. The molecule has 1 atom stereocenters. The largest absolute Gasteiger partial charge is 0.383 e. The molecule has 1 unspecified atom stereocenters. The molecule has 4 heteroatoms. The van der Waals surface area contributed by atoms with Gasteiger partial charge in [-0.15, -0.1) is 0 Å².